The molecule has 2 rings (SSSR count). The fourth-order valence-corrected chi connectivity index (χ4v) is 3.26. The number of rotatable bonds is 8. The molecule has 0 aliphatic carbocycles. The van der Waals surface area contributed by atoms with Crippen molar-refractivity contribution in [2.24, 2.45) is 0 Å². The smallest absolute Gasteiger partial charge is 0.274 e. The highest BCUT2D eigenvalue weighted by Crippen LogP contribution is 2.25. The molecule has 5 heteroatoms. The molecule has 2 aromatic rings. The molecule has 0 bridgehead atoms. The number of carbonyl (C=O) groups is 1. The van der Waals surface area contributed by atoms with E-state index in [-0.39, 0.29) is 0 Å². The van der Waals surface area contributed by atoms with Crippen LogP contribution in [0, 0.1) is 6.92 Å². The third-order valence-electron chi connectivity index (χ3n) is 3.69. The summed E-state index contributed by atoms with van der Waals surface area (Å²) in [6, 6.07) is 15.9. The first kappa shape index (κ1) is 18.5. The first-order chi connectivity index (χ1) is 11.6. The van der Waals surface area contributed by atoms with E-state index < -0.39 is 5.91 Å². The molecule has 128 valence electrons. The van der Waals surface area contributed by atoms with Gasteiger partial charge in [-0.15, -0.1) is 0 Å². The molecule has 0 saturated carbocycles. The number of hydrogen-bond acceptors (Lipinski definition) is 4. The van der Waals surface area contributed by atoms with E-state index in [0.29, 0.717) is 5.56 Å². The second kappa shape index (κ2) is 9.47. The molecule has 0 unspecified atom stereocenters. The lowest BCUT2D eigenvalue weighted by Crippen LogP contribution is -2.19. The van der Waals surface area contributed by atoms with Crippen molar-refractivity contribution in [2.75, 3.05) is 6.54 Å². The second-order valence-electron chi connectivity index (χ2n) is 5.76. The van der Waals surface area contributed by atoms with Gasteiger partial charge in [-0.25, -0.2) is 9.79 Å². The van der Waals surface area contributed by atoms with Crippen molar-refractivity contribution < 1.29 is 10.0 Å². The average Bonchev–Trinajstić information content (AvgIpc) is 2.61. The van der Waals surface area contributed by atoms with Crippen molar-refractivity contribution in [3.63, 3.8) is 0 Å². The summed E-state index contributed by atoms with van der Waals surface area (Å²) in [7, 11) is 0. The fraction of sp³-hybridized carbons (Fsp3) is 0.316. The lowest BCUT2D eigenvalue weighted by molar-refractivity contribution is 0.0706. The Balaban J connectivity index is 2.04. The minimum absolute atomic E-state index is 0.451. The van der Waals surface area contributed by atoms with Crippen LogP contribution >= 0.6 is 11.9 Å². The Kier molecular flexibility index (Phi) is 7.31. The fourth-order valence-electron chi connectivity index (χ4n) is 2.27. The summed E-state index contributed by atoms with van der Waals surface area (Å²) in [6.07, 6.45) is 2.30. The van der Waals surface area contributed by atoms with Gasteiger partial charge in [-0.05, 0) is 55.1 Å². The highest BCUT2D eigenvalue weighted by atomic mass is 32.2. The zero-order valence-corrected chi connectivity index (χ0v) is 15.0. The largest absolute Gasteiger partial charge is 0.288 e. The van der Waals surface area contributed by atoms with Crippen molar-refractivity contribution in [1.82, 2.24) is 9.79 Å². The van der Waals surface area contributed by atoms with Crippen LogP contribution in [0.25, 0.3) is 0 Å². The molecular formula is C19H24N2O2S. The molecule has 0 aliphatic rings. The van der Waals surface area contributed by atoms with Crippen LogP contribution in [0.4, 0.5) is 0 Å². The summed E-state index contributed by atoms with van der Waals surface area (Å²) in [5, 5.41) is 8.67. The number of hydrogen-bond donors (Lipinski definition) is 2. The number of aryl methyl sites for hydroxylation is 1. The Morgan fingerprint density at radius 1 is 1.12 bits per heavy atom. The molecule has 0 heterocycles. The standard InChI is InChI=1S/C19H24N2O2S/c1-3-4-13-21(24-18-11-5-15(2)6-12-18)14-16-7-9-17(10-8-16)19(22)20-23/h5-12,23H,3-4,13-14H2,1-2H3,(H,20,22). The van der Waals surface area contributed by atoms with Crippen molar-refractivity contribution >= 4 is 17.9 Å². The van der Waals surface area contributed by atoms with E-state index in [9.17, 15) is 4.79 Å². The maximum absolute atomic E-state index is 11.4. The number of benzene rings is 2. The first-order valence-electron chi connectivity index (χ1n) is 8.15. The Bertz CT molecular complexity index is 641. The third kappa shape index (κ3) is 5.67. The molecule has 2 N–H and O–H groups in total. The summed E-state index contributed by atoms with van der Waals surface area (Å²) in [5.41, 5.74) is 4.50. The van der Waals surface area contributed by atoms with Crippen molar-refractivity contribution in [3.05, 3.63) is 65.2 Å². The molecular weight excluding hydrogens is 320 g/mol. The maximum Gasteiger partial charge on any atom is 0.274 e. The van der Waals surface area contributed by atoms with Gasteiger partial charge in [0.1, 0.15) is 0 Å². The molecule has 0 atom stereocenters. The maximum atomic E-state index is 11.4. The summed E-state index contributed by atoms with van der Waals surface area (Å²) < 4.78 is 2.34. The molecule has 0 radical (unpaired) electrons. The topological polar surface area (TPSA) is 52.6 Å². The van der Waals surface area contributed by atoms with Crippen LogP contribution in [0.15, 0.2) is 53.4 Å². The van der Waals surface area contributed by atoms with Crippen LogP contribution in [0.3, 0.4) is 0 Å². The van der Waals surface area contributed by atoms with Crippen LogP contribution in [0.5, 0.6) is 0 Å². The number of nitrogens with one attached hydrogen (secondary N) is 1. The summed E-state index contributed by atoms with van der Waals surface area (Å²) in [5.74, 6) is -0.488. The molecule has 2 aromatic carbocycles. The van der Waals surface area contributed by atoms with Crippen LogP contribution in [0.1, 0.15) is 41.3 Å². The molecule has 0 saturated heterocycles. The summed E-state index contributed by atoms with van der Waals surface area (Å²) in [6.45, 7) is 6.10. The summed E-state index contributed by atoms with van der Waals surface area (Å²) >= 11 is 1.76. The van der Waals surface area contributed by atoms with Gasteiger partial charge in [0, 0.05) is 23.5 Å². The van der Waals surface area contributed by atoms with E-state index in [1.165, 1.54) is 10.5 Å². The lowest BCUT2D eigenvalue weighted by atomic mass is 10.1. The number of carbonyl (C=O) groups excluding carboxylic acids is 1. The van der Waals surface area contributed by atoms with E-state index in [1.807, 2.05) is 12.1 Å². The van der Waals surface area contributed by atoms with Gasteiger partial charge in [0.15, 0.2) is 0 Å². The Morgan fingerprint density at radius 3 is 2.38 bits per heavy atom. The predicted octanol–water partition coefficient (Wildman–Crippen LogP) is 4.42. The van der Waals surface area contributed by atoms with Gasteiger partial charge in [-0.1, -0.05) is 43.2 Å². The Labute approximate surface area is 148 Å². The van der Waals surface area contributed by atoms with E-state index >= 15 is 0 Å². The molecule has 1 amide bonds. The van der Waals surface area contributed by atoms with Crippen molar-refractivity contribution in [1.29, 1.82) is 0 Å². The molecule has 0 spiro atoms. The second-order valence-corrected chi connectivity index (χ2v) is 6.93. The van der Waals surface area contributed by atoms with E-state index in [2.05, 4.69) is 42.4 Å². The minimum Gasteiger partial charge on any atom is -0.288 e. The van der Waals surface area contributed by atoms with Gasteiger partial charge in [0.05, 0.1) is 0 Å². The molecule has 24 heavy (non-hydrogen) atoms. The monoisotopic (exact) mass is 344 g/mol. The highest BCUT2D eigenvalue weighted by molar-refractivity contribution is 7.97. The van der Waals surface area contributed by atoms with Crippen molar-refractivity contribution in [3.8, 4) is 0 Å². The number of hydroxylamine groups is 1. The van der Waals surface area contributed by atoms with Gasteiger partial charge in [-0.2, -0.15) is 0 Å². The zero-order chi connectivity index (χ0) is 17.4. The Morgan fingerprint density at radius 2 is 1.79 bits per heavy atom. The third-order valence-corrected chi connectivity index (χ3v) is 4.75. The van der Waals surface area contributed by atoms with Gasteiger partial charge in [-0.3, -0.25) is 10.0 Å². The predicted molar refractivity (Wildman–Crippen MR) is 98.0 cm³/mol. The normalized spacial score (nSPS) is 10.8. The molecule has 0 aliphatic heterocycles. The van der Waals surface area contributed by atoms with Gasteiger partial charge in [0.2, 0.25) is 0 Å². The summed E-state index contributed by atoms with van der Waals surface area (Å²) in [4.78, 5) is 12.6. The number of nitrogens with zero attached hydrogens (tertiary/aromatic N) is 1. The SMILES string of the molecule is CCCCN(Cc1ccc(C(=O)NO)cc1)Sc1ccc(C)cc1. The molecule has 0 aromatic heterocycles. The molecule has 4 nitrogen and oxygen atoms in total. The van der Waals surface area contributed by atoms with Gasteiger partial charge in [0.25, 0.3) is 5.91 Å². The molecule has 0 fully saturated rings. The number of unbranched alkanes of at least 4 members (excludes halogenated alkanes) is 1. The highest BCUT2D eigenvalue weighted by Gasteiger charge is 2.09. The van der Waals surface area contributed by atoms with Crippen LogP contribution < -0.4 is 5.48 Å². The van der Waals surface area contributed by atoms with Gasteiger partial charge >= 0.3 is 0 Å². The first-order valence-corrected chi connectivity index (χ1v) is 8.92. The van der Waals surface area contributed by atoms with E-state index in [0.717, 1.165) is 31.5 Å². The lowest BCUT2D eigenvalue weighted by Gasteiger charge is -2.21. The van der Waals surface area contributed by atoms with Crippen molar-refractivity contribution in [2.45, 2.75) is 38.1 Å². The quantitative estimate of drug-likeness (QED) is 0.423. The van der Waals surface area contributed by atoms with E-state index in [1.54, 1.807) is 29.6 Å². The Hall–Kier alpha value is -1.82. The average molecular weight is 344 g/mol. The minimum atomic E-state index is -0.488. The van der Waals surface area contributed by atoms with Crippen LogP contribution in [-0.2, 0) is 6.54 Å². The van der Waals surface area contributed by atoms with E-state index in [4.69, 9.17) is 5.21 Å². The van der Waals surface area contributed by atoms with Gasteiger partial charge < -0.3 is 0 Å². The number of amides is 1. The van der Waals surface area contributed by atoms with Crippen LogP contribution in [0.2, 0.25) is 0 Å². The zero-order valence-electron chi connectivity index (χ0n) is 14.2. The van der Waals surface area contributed by atoms with Crippen LogP contribution in [-0.4, -0.2) is 22.0 Å².